The number of amides is 1. The van der Waals surface area contributed by atoms with Crippen LogP contribution in [0.3, 0.4) is 0 Å². The zero-order chi connectivity index (χ0) is 11.5. The summed E-state index contributed by atoms with van der Waals surface area (Å²) >= 11 is 1.16. The summed E-state index contributed by atoms with van der Waals surface area (Å²) in [4.78, 5) is 14.1. The first-order chi connectivity index (χ1) is 7.68. The molecule has 0 radical (unpaired) electrons. The molecule has 0 saturated carbocycles. The van der Waals surface area contributed by atoms with Crippen LogP contribution < -0.4 is 5.73 Å². The van der Waals surface area contributed by atoms with E-state index < -0.39 is 0 Å². The van der Waals surface area contributed by atoms with E-state index in [2.05, 4.69) is 17.1 Å². The van der Waals surface area contributed by atoms with E-state index in [0.717, 1.165) is 30.7 Å². The molecule has 0 bridgehead atoms. The van der Waals surface area contributed by atoms with E-state index in [1.54, 1.807) is 0 Å². The van der Waals surface area contributed by atoms with Gasteiger partial charge in [0.25, 0.3) is 5.91 Å². The molecule has 0 spiro atoms. The molecular weight excluding hydrogens is 224 g/mol. The summed E-state index contributed by atoms with van der Waals surface area (Å²) in [5.74, 6) is -0.0244. The van der Waals surface area contributed by atoms with E-state index in [1.807, 2.05) is 4.90 Å². The molecule has 1 atom stereocenters. The first kappa shape index (κ1) is 11.3. The van der Waals surface area contributed by atoms with Gasteiger partial charge in [0, 0.05) is 12.6 Å². The third-order valence-corrected chi connectivity index (χ3v) is 3.68. The van der Waals surface area contributed by atoms with Crippen LogP contribution in [0.5, 0.6) is 0 Å². The molecular formula is C10H16N4OS. The van der Waals surface area contributed by atoms with Crippen LogP contribution >= 0.6 is 11.3 Å². The van der Waals surface area contributed by atoms with Gasteiger partial charge < -0.3 is 10.6 Å². The van der Waals surface area contributed by atoms with Crippen molar-refractivity contribution in [3.05, 3.63) is 5.01 Å². The van der Waals surface area contributed by atoms with Crippen LogP contribution in [0.2, 0.25) is 0 Å². The maximum atomic E-state index is 12.2. The van der Waals surface area contributed by atoms with Crippen LogP contribution in [0.1, 0.15) is 42.4 Å². The fraction of sp³-hybridized carbons (Fsp3) is 0.700. The average molecular weight is 240 g/mol. The number of anilines is 1. The lowest BCUT2D eigenvalue weighted by Crippen LogP contribution is -2.38. The van der Waals surface area contributed by atoms with Crippen LogP contribution in [-0.4, -0.2) is 33.6 Å². The number of nitrogens with two attached hydrogens (primary N) is 1. The van der Waals surface area contributed by atoms with Crippen molar-refractivity contribution in [2.75, 3.05) is 12.3 Å². The highest BCUT2D eigenvalue weighted by Crippen LogP contribution is 2.20. The van der Waals surface area contributed by atoms with Crippen LogP contribution in [0.15, 0.2) is 0 Å². The molecule has 0 aliphatic carbocycles. The van der Waals surface area contributed by atoms with Gasteiger partial charge in [-0.2, -0.15) is 0 Å². The minimum atomic E-state index is -0.0244. The predicted molar refractivity (Wildman–Crippen MR) is 63.3 cm³/mol. The Hall–Kier alpha value is -1.17. The second kappa shape index (κ2) is 4.78. The third-order valence-electron chi connectivity index (χ3n) is 2.94. The first-order valence-corrected chi connectivity index (χ1v) is 6.40. The lowest BCUT2D eigenvalue weighted by atomic mass is 10.1. The van der Waals surface area contributed by atoms with Crippen molar-refractivity contribution in [1.29, 1.82) is 0 Å². The average Bonchev–Trinajstić information content (AvgIpc) is 2.57. The minimum Gasteiger partial charge on any atom is -0.374 e. The van der Waals surface area contributed by atoms with Gasteiger partial charge in [0.15, 0.2) is 0 Å². The standard InChI is InChI=1S/C10H16N4OS/c1-7-5-3-2-4-6-14(7)9(15)8-12-13-10(11)16-8/h7H,2-6H2,1H3,(H2,11,13). The Balaban J connectivity index is 2.13. The van der Waals surface area contributed by atoms with Crippen LogP contribution in [0.25, 0.3) is 0 Å². The highest BCUT2D eigenvalue weighted by molar-refractivity contribution is 7.16. The van der Waals surface area contributed by atoms with Gasteiger partial charge in [0.2, 0.25) is 10.1 Å². The van der Waals surface area contributed by atoms with E-state index >= 15 is 0 Å². The molecule has 1 fully saturated rings. The molecule has 2 rings (SSSR count). The Bertz CT molecular complexity index is 379. The molecule has 1 saturated heterocycles. The first-order valence-electron chi connectivity index (χ1n) is 5.58. The molecule has 1 aromatic heterocycles. The Kier molecular flexibility index (Phi) is 3.38. The summed E-state index contributed by atoms with van der Waals surface area (Å²) in [7, 11) is 0. The lowest BCUT2D eigenvalue weighted by molar-refractivity contribution is 0.0696. The third kappa shape index (κ3) is 2.32. The SMILES string of the molecule is CC1CCCCCN1C(=O)c1nnc(N)s1. The van der Waals surface area contributed by atoms with Crippen molar-refractivity contribution in [3.8, 4) is 0 Å². The topological polar surface area (TPSA) is 72.1 Å². The summed E-state index contributed by atoms with van der Waals surface area (Å²) in [5.41, 5.74) is 5.49. The monoisotopic (exact) mass is 240 g/mol. The molecule has 2 heterocycles. The Morgan fingerprint density at radius 2 is 2.25 bits per heavy atom. The van der Waals surface area contributed by atoms with Crippen molar-refractivity contribution in [2.24, 2.45) is 0 Å². The molecule has 0 aromatic carbocycles. The number of nitrogens with zero attached hydrogens (tertiary/aromatic N) is 3. The molecule has 6 heteroatoms. The van der Waals surface area contributed by atoms with Crippen molar-refractivity contribution >= 4 is 22.4 Å². The molecule has 1 aliphatic heterocycles. The molecule has 1 amide bonds. The predicted octanol–water partition coefficient (Wildman–Crippen LogP) is 1.52. The number of likely N-dealkylation sites (tertiary alicyclic amines) is 1. The number of rotatable bonds is 1. The fourth-order valence-electron chi connectivity index (χ4n) is 2.02. The van der Waals surface area contributed by atoms with Gasteiger partial charge in [-0.25, -0.2) is 0 Å². The van der Waals surface area contributed by atoms with Gasteiger partial charge in [0.1, 0.15) is 0 Å². The number of hydrogen-bond donors (Lipinski definition) is 1. The quantitative estimate of drug-likeness (QED) is 0.808. The van der Waals surface area contributed by atoms with Crippen molar-refractivity contribution in [1.82, 2.24) is 15.1 Å². The van der Waals surface area contributed by atoms with Gasteiger partial charge in [-0.3, -0.25) is 4.79 Å². The summed E-state index contributed by atoms with van der Waals surface area (Å²) in [6, 6.07) is 0.292. The van der Waals surface area contributed by atoms with Gasteiger partial charge in [-0.15, -0.1) is 10.2 Å². The van der Waals surface area contributed by atoms with Crippen molar-refractivity contribution < 1.29 is 4.79 Å². The summed E-state index contributed by atoms with van der Waals surface area (Å²) < 4.78 is 0. The smallest absolute Gasteiger partial charge is 0.285 e. The molecule has 1 aliphatic rings. The van der Waals surface area contributed by atoms with E-state index in [1.165, 1.54) is 12.8 Å². The second-order valence-electron chi connectivity index (χ2n) is 4.14. The Morgan fingerprint density at radius 3 is 2.94 bits per heavy atom. The second-order valence-corrected chi connectivity index (χ2v) is 5.15. The van der Waals surface area contributed by atoms with Gasteiger partial charge >= 0.3 is 0 Å². The normalized spacial score (nSPS) is 21.8. The summed E-state index contributed by atoms with van der Waals surface area (Å²) in [5, 5.41) is 8.25. The number of carbonyl (C=O) groups excluding carboxylic acids is 1. The summed E-state index contributed by atoms with van der Waals surface area (Å²) in [6.45, 7) is 2.91. The summed E-state index contributed by atoms with van der Waals surface area (Å²) in [6.07, 6.45) is 4.54. The van der Waals surface area contributed by atoms with E-state index in [-0.39, 0.29) is 5.91 Å². The Labute approximate surface area is 98.7 Å². The van der Waals surface area contributed by atoms with Crippen LogP contribution in [0.4, 0.5) is 5.13 Å². The minimum absolute atomic E-state index is 0.0244. The van der Waals surface area contributed by atoms with Crippen molar-refractivity contribution in [2.45, 2.75) is 38.6 Å². The maximum absolute atomic E-state index is 12.2. The maximum Gasteiger partial charge on any atom is 0.285 e. The number of carbonyl (C=O) groups is 1. The lowest BCUT2D eigenvalue weighted by Gasteiger charge is -2.25. The highest BCUT2D eigenvalue weighted by Gasteiger charge is 2.25. The zero-order valence-electron chi connectivity index (χ0n) is 9.35. The largest absolute Gasteiger partial charge is 0.374 e. The van der Waals surface area contributed by atoms with Crippen LogP contribution in [0, 0.1) is 0 Å². The number of hydrogen-bond acceptors (Lipinski definition) is 5. The van der Waals surface area contributed by atoms with Gasteiger partial charge in [-0.1, -0.05) is 24.2 Å². The highest BCUT2D eigenvalue weighted by atomic mass is 32.1. The zero-order valence-corrected chi connectivity index (χ0v) is 10.2. The Morgan fingerprint density at radius 1 is 1.44 bits per heavy atom. The van der Waals surface area contributed by atoms with E-state index in [0.29, 0.717) is 16.2 Å². The molecule has 1 unspecified atom stereocenters. The van der Waals surface area contributed by atoms with Gasteiger partial charge in [-0.05, 0) is 19.8 Å². The van der Waals surface area contributed by atoms with E-state index in [4.69, 9.17) is 5.73 Å². The van der Waals surface area contributed by atoms with Crippen LogP contribution in [-0.2, 0) is 0 Å². The molecule has 1 aromatic rings. The van der Waals surface area contributed by atoms with Crippen molar-refractivity contribution in [3.63, 3.8) is 0 Å². The molecule has 5 nitrogen and oxygen atoms in total. The number of aromatic nitrogens is 2. The molecule has 2 N–H and O–H groups in total. The molecule has 16 heavy (non-hydrogen) atoms. The number of nitrogen functional groups attached to an aromatic ring is 1. The molecule has 88 valence electrons. The van der Waals surface area contributed by atoms with Gasteiger partial charge in [0.05, 0.1) is 0 Å². The fourth-order valence-corrected chi connectivity index (χ4v) is 2.59. The van der Waals surface area contributed by atoms with E-state index in [9.17, 15) is 4.79 Å².